The standard InChI is InChI=1S/C24H27N3O3S/c1-17-9-7-8-14-24(17)22(29)27(23(30)26-24)15-21(28)25-19-12-5-6-13-20(19)31-16-18-10-3-2-4-11-18/h2-6,10-13,17H,7-9,14-16H2,1H3,(H,25,28)(H,26,30)/t17-,24-/m1/s1. The van der Waals surface area contributed by atoms with Crippen molar-refractivity contribution in [2.45, 2.75) is 48.8 Å². The number of amides is 4. The number of anilines is 1. The number of nitrogens with one attached hydrogen (secondary N) is 2. The Bertz CT molecular complexity index is 981. The molecule has 2 aromatic carbocycles. The maximum Gasteiger partial charge on any atom is 0.325 e. The van der Waals surface area contributed by atoms with Crippen LogP contribution in [0.1, 0.15) is 38.2 Å². The van der Waals surface area contributed by atoms with Gasteiger partial charge in [-0.3, -0.25) is 14.5 Å². The molecule has 162 valence electrons. The molecule has 2 N–H and O–H groups in total. The monoisotopic (exact) mass is 437 g/mol. The Morgan fingerprint density at radius 1 is 1.13 bits per heavy atom. The minimum Gasteiger partial charge on any atom is -0.324 e. The summed E-state index contributed by atoms with van der Waals surface area (Å²) in [7, 11) is 0. The van der Waals surface area contributed by atoms with Crippen LogP contribution in [0.2, 0.25) is 0 Å². The summed E-state index contributed by atoms with van der Waals surface area (Å²) in [6, 6.07) is 17.2. The van der Waals surface area contributed by atoms with Crippen molar-refractivity contribution < 1.29 is 14.4 Å². The smallest absolute Gasteiger partial charge is 0.324 e. The van der Waals surface area contributed by atoms with Gasteiger partial charge in [-0.1, -0.05) is 62.2 Å². The van der Waals surface area contributed by atoms with E-state index in [1.165, 1.54) is 5.56 Å². The molecule has 1 spiro atoms. The number of carbonyl (C=O) groups is 3. The molecule has 1 aliphatic carbocycles. The van der Waals surface area contributed by atoms with Crippen molar-refractivity contribution in [3.05, 3.63) is 60.2 Å². The van der Waals surface area contributed by atoms with Crippen LogP contribution >= 0.6 is 11.8 Å². The highest BCUT2D eigenvalue weighted by atomic mass is 32.2. The largest absolute Gasteiger partial charge is 0.325 e. The van der Waals surface area contributed by atoms with E-state index >= 15 is 0 Å². The number of hydrogen-bond donors (Lipinski definition) is 2. The van der Waals surface area contributed by atoms with Gasteiger partial charge in [0, 0.05) is 10.6 Å². The lowest BCUT2D eigenvalue weighted by Crippen LogP contribution is -2.54. The number of benzene rings is 2. The van der Waals surface area contributed by atoms with Crippen LogP contribution in [0, 0.1) is 5.92 Å². The first-order valence-corrected chi connectivity index (χ1v) is 11.7. The predicted octanol–water partition coefficient (Wildman–Crippen LogP) is 4.42. The van der Waals surface area contributed by atoms with Gasteiger partial charge >= 0.3 is 6.03 Å². The third kappa shape index (κ3) is 4.46. The molecule has 7 heteroatoms. The van der Waals surface area contributed by atoms with Crippen molar-refractivity contribution in [2.75, 3.05) is 11.9 Å². The first-order valence-electron chi connectivity index (χ1n) is 10.7. The molecule has 6 nitrogen and oxygen atoms in total. The summed E-state index contributed by atoms with van der Waals surface area (Å²) in [5.41, 5.74) is 1.03. The van der Waals surface area contributed by atoms with E-state index in [9.17, 15) is 14.4 Å². The van der Waals surface area contributed by atoms with Crippen molar-refractivity contribution in [1.82, 2.24) is 10.2 Å². The summed E-state index contributed by atoms with van der Waals surface area (Å²) in [5, 5.41) is 5.77. The van der Waals surface area contributed by atoms with Crippen molar-refractivity contribution >= 4 is 35.3 Å². The molecule has 0 aromatic heterocycles. The molecule has 2 aromatic rings. The molecule has 2 fully saturated rings. The fraction of sp³-hybridized carbons (Fsp3) is 0.375. The van der Waals surface area contributed by atoms with E-state index in [2.05, 4.69) is 22.8 Å². The number of hydrogen-bond acceptors (Lipinski definition) is 4. The first-order chi connectivity index (χ1) is 15.0. The lowest BCUT2D eigenvalue weighted by molar-refractivity contribution is -0.136. The van der Waals surface area contributed by atoms with Crippen LogP contribution in [0.4, 0.5) is 10.5 Å². The number of carbonyl (C=O) groups excluding carboxylic acids is 3. The molecule has 2 atom stereocenters. The number of thioether (sulfide) groups is 1. The average Bonchev–Trinajstić information content (AvgIpc) is 3.01. The fourth-order valence-corrected chi connectivity index (χ4v) is 5.37. The summed E-state index contributed by atoms with van der Waals surface area (Å²) >= 11 is 1.63. The zero-order valence-electron chi connectivity index (χ0n) is 17.6. The number of rotatable bonds is 6. The van der Waals surface area contributed by atoms with Gasteiger partial charge in [-0.2, -0.15) is 0 Å². The van der Waals surface area contributed by atoms with Crippen LogP contribution < -0.4 is 10.6 Å². The minimum atomic E-state index is -0.848. The van der Waals surface area contributed by atoms with E-state index in [4.69, 9.17) is 0 Å². The lowest BCUT2D eigenvalue weighted by atomic mass is 9.73. The summed E-state index contributed by atoms with van der Waals surface area (Å²) < 4.78 is 0. The van der Waals surface area contributed by atoms with E-state index in [1.54, 1.807) is 11.8 Å². The van der Waals surface area contributed by atoms with Crippen molar-refractivity contribution in [1.29, 1.82) is 0 Å². The van der Waals surface area contributed by atoms with Crippen LogP contribution in [-0.2, 0) is 15.3 Å². The Balaban J connectivity index is 1.41. The van der Waals surface area contributed by atoms with Crippen molar-refractivity contribution in [3.8, 4) is 0 Å². The molecule has 1 heterocycles. The molecule has 0 bridgehead atoms. The van der Waals surface area contributed by atoms with Gasteiger partial charge in [0.05, 0.1) is 5.69 Å². The Morgan fingerprint density at radius 3 is 2.65 bits per heavy atom. The molecule has 4 rings (SSSR count). The Labute approximate surface area is 186 Å². The summed E-state index contributed by atoms with van der Waals surface area (Å²) in [5.74, 6) is 0.200. The van der Waals surface area contributed by atoms with Gasteiger partial charge < -0.3 is 10.6 Å². The highest BCUT2D eigenvalue weighted by molar-refractivity contribution is 7.98. The highest BCUT2D eigenvalue weighted by Gasteiger charge is 2.55. The third-order valence-electron chi connectivity index (χ3n) is 6.20. The van der Waals surface area contributed by atoms with E-state index in [0.717, 1.165) is 34.8 Å². The van der Waals surface area contributed by atoms with Gasteiger partial charge in [0.15, 0.2) is 0 Å². The van der Waals surface area contributed by atoms with Crippen LogP contribution in [0.15, 0.2) is 59.5 Å². The van der Waals surface area contributed by atoms with Crippen LogP contribution in [-0.4, -0.2) is 34.8 Å². The van der Waals surface area contributed by atoms with E-state index in [1.807, 2.05) is 49.4 Å². The quantitative estimate of drug-likeness (QED) is 0.518. The number of para-hydroxylation sites is 1. The Hall–Kier alpha value is -2.80. The molecule has 0 unspecified atom stereocenters. The SMILES string of the molecule is C[C@@H]1CCCC[C@@]12NC(=O)N(CC(=O)Nc1ccccc1SCc1ccccc1)C2=O. The zero-order chi connectivity index (χ0) is 21.8. The van der Waals surface area contributed by atoms with Gasteiger partial charge in [0.1, 0.15) is 12.1 Å². The van der Waals surface area contributed by atoms with Gasteiger partial charge in [-0.05, 0) is 36.5 Å². The minimum absolute atomic E-state index is 0.0703. The maximum atomic E-state index is 13.1. The molecule has 1 aliphatic heterocycles. The van der Waals surface area contributed by atoms with Crippen LogP contribution in [0.25, 0.3) is 0 Å². The maximum absolute atomic E-state index is 13.1. The van der Waals surface area contributed by atoms with Crippen molar-refractivity contribution in [2.24, 2.45) is 5.92 Å². The van der Waals surface area contributed by atoms with Gasteiger partial charge in [-0.15, -0.1) is 11.8 Å². The molecular formula is C24H27N3O3S. The molecule has 4 amide bonds. The summed E-state index contributed by atoms with van der Waals surface area (Å²) in [6.07, 6.45) is 3.50. The topological polar surface area (TPSA) is 78.5 Å². The number of nitrogens with zero attached hydrogens (tertiary/aromatic N) is 1. The van der Waals surface area contributed by atoms with E-state index in [-0.39, 0.29) is 24.3 Å². The van der Waals surface area contributed by atoms with E-state index in [0.29, 0.717) is 12.1 Å². The molecule has 1 saturated carbocycles. The van der Waals surface area contributed by atoms with Gasteiger partial charge in [-0.25, -0.2) is 4.79 Å². The second-order valence-electron chi connectivity index (χ2n) is 8.26. The molecule has 2 aliphatic rings. The lowest BCUT2D eigenvalue weighted by Gasteiger charge is -2.36. The van der Waals surface area contributed by atoms with Gasteiger partial charge in [0.25, 0.3) is 5.91 Å². The van der Waals surface area contributed by atoms with E-state index < -0.39 is 11.6 Å². The average molecular weight is 438 g/mol. The third-order valence-corrected chi connectivity index (χ3v) is 7.35. The van der Waals surface area contributed by atoms with Crippen LogP contribution in [0.3, 0.4) is 0 Å². The fourth-order valence-electron chi connectivity index (χ4n) is 4.40. The number of urea groups is 1. The summed E-state index contributed by atoms with van der Waals surface area (Å²) in [4.78, 5) is 40.4. The second-order valence-corrected chi connectivity index (χ2v) is 9.28. The van der Waals surface area contributed by atoms with Crippen LogP contribution in [0.5, 0.6) is 0 Å². The first kappa shape index (κ1) is 21.4. The Morgan fingerprint density at radius 2 is 1.87 bits per heavy atom. The highest BCUT2D eigenvalue weighted by Crippen LogP contribution is 2.38. The molecule has 0 radical (unpaired) electrons. The van der Waals surface area contributed by atoms with Gasteiger partial charge in [0.2, 0.25) is 5.91 Å². The van der Waals surface area contributed by atoms with Crippen molar-refractivity contribution in [3.63, 3.8) is 0 Å². The normalized spacial score (nSPS) is 23.1. The Kier molecular flexibility index (Phi) is 6.32. The number of imide groups is 1. The summed E-state index contributed by atoms with van der Waals surface area (Å²) in [6.45, 7) is 1.72. The predicted molar refractivity (Wildman–Crippen MR) is 122 cm³/mol. The zero-order valence-corrected chi connectivity index (χ0v) is 18.4. The molecule has 1 saturated heterocycles. The molecule has 31 heavy (non-hydrogen) atoms. The molecular weight excluding hydrogens is 410 g/mol. The second kappa shape index (κ2) is 9.14.